The van der Waals surface area contributed by atoms with Gasteiger partial charge in [0.25, 0.3) is 5.69 Å². The van der Waals surface area contributed by atoms with Crippen LogP contribution in [0.4, 0.5) is 11.4 Å². The lowest BCUT2D eigenvalue weighted by Gasteiger charge is -2.36. The van der Waals surface area contributed by atoms with Crippen molar-refractivity contribution < 1.29 is 4.92 Å². The van der Waals surface area contributed by atoms with E-state index in [0.29, 0.717) is 23.8 Å². The quantitative estimate of drug-likeness (QED) is 0.614. The number of nitro groups is 1. The molecule has 23 heavy (non-hydrogen) atoms. The first-order valence-corrected chi connectivity index (χ1v) is 8.32. The maximum Gasteiger partial charge on any atom is 0.293 e. The van der Waals surface area contributed by atoms with Crippen molar-refractivity contribution in [3.63, 3.8) is 0 Å². The lowest BCUT2D eigenvalue weighted by Crippen LogP contribution is -2.44. The number of anilines is 1. The van der Waals surface area contributed by atoms with Gasteiger partial charge in [0.05, 0.1) is 16.6 Å². The van der Waals surface area contributed by atoms with E-state index in [4.69, 9.17) is 5.26 Å². The zero-order chi connectivity index (χ0) is 16.7. The number of hydrogen-bond acceptors (Lipinski definition) is 5. The van der Waals surface area contributed by atoms with E-state index in [9.17, 15) is 10.1 Å². The van der Waals surface area contributed by atoms with Crippen LogP contribution in [0.2, 0.25) is 0 Å². The predicted octanol–water partition coefficient (Wildman–Crippen LogP) is 3.53. The van der Waals surface area contributed by atoms with Crippen LogP contribution in [-0.2, 0) is 0 Å². The minimum atomic E-state index is -0.432. The molecule has 2 rings (SSSR count). The molecule has 6 heteroatoms. The monoisotopic (exact) mass is 316 g/mol. The molecular formula is C17H24N4O2. The molecule has 1 aliphatic rings. The molecule has 0 aromatic heterocycles. The van der Waals surface area contributed by atoms with Gasteiger partial charge in [-0.2, -0.15) is 5.26 Å². The maximum atomic E-state index is 11.2. The van der Waals surface area contributed by atoms with Crippen LogP contribution in [0.15, 0.2) is 18.2 Å². The second kappa shape index (κ2) is 8.49. The smallest absolute Gasteiger partial charge is 0.293 e. The molecule has 0 radical (unpaired) electrons. The summed E-state index contributed by atoms with van der Waals surface area (Å²) in [6, 6.07) is 6.95. The lowest BCUT2D eigenvalue weighted by molar-refractivity contribution is -0.384. The predicted molar refractivity (Wildman–Crippen MR) is 90.4 cm³/mol. The van der Waals surface area contributed by atoms with E-state index in [1.54, 1.807) is 12.1 Å². The summed E-state index contributed by atoms with van der Waals surface area (Å²) in [6.45, 7) is 5.11. The molecule has 1 atom stereocenters. The molecule has 0 amide bonds. The average molecular weight is 316 g/mol. The normalized spacial score (nSPS) is 18.3. The number of nitriles is 1. The number of unbranched alkanes of at least 4 members (excludes halogenated alkanes) is 1. The summed E-state index contributed by atoms with van der Waals surface area (Å²) in [5.41, 5.74) is 0.777. The van der Waals surface area contributed by atoms with Crippen LogP contribution in [0.25, 0.3) is 0 Å². The molecule has 0 spiro atoms. The molecule has 0 saturated carbocycles. The zero-order valence-electron chi connectivity index (χ0n) is 13.6. The Hall–Kier alpha value is -2.13. The van der Waals surface area contributed by atoms with E-state index in [0.717, 1.165) is 19.5 Å². The molecule has 1 N–H and O–H groups in total. The van der Waals surface area contributed by atoms with Gasteiger partial charge in [0, 0.05) is 18.7 Å². The first kappa shape index (κ1) is 17.2. The van der Waals surface area contributed by atoms with Gasteiger partial charge < -0.3 is 5.32 Å². The molecule has 0 aliphatic carbocycles. The minimum absolute atomic E-state index is 0.0278. The van der Waals surface area contributed by atoms with Crippen molar-refractivity contribution >= 4 is 11.4 Å². The minimum Gasteiger partial charge on any atom is -0.378 e. The van der Waals surface area contributed by atoms with Crippen LogP contribution in [-0.4, -0.2) is 35.5 Å². The van der Waals surface area contributed by atoms with Crippen molar-refractivity contribution in [2.75, 3.05) is 25.0 Å². The van der Waals surface area contributed by atoms with E-state index >= 15 is 0 Å². The van der Waals surface area contributed by atoms with E-state index in [-0.39, 0.29) is 5.69 Å². The summed E-state index contributed by atoms with van der Waals surface area (Å²) >= 11 is 0. The Morgan fingerprint density at radius 2 is 2.30 bits per heavy atom. The number of likely N-dealkylation sites (tertiary alicyclic amines) is 1. The molecule has 1 heterocycles. The fraction of sp³-hybridized carbons (Fsp3) is 0.588. The fourth-order valence-corrected chi connectivity index (χ4v) is 3.08. The third-order valence-electron chi connectivity index (χ3n) is 4.40. The number of rotatable bonds is 7. The van der Waals surface area contributed by atoms with Crippen molar-refractivity contribution in [3.05, 3.63) is 33.9 Å². The van der Waals surface area contributed by atoms with Crippen LogP contribution in [0.5, 0.6) is 0 Å². The molecule has 124 valence electrons. The first-order chi connectivity index (χ1) is 11.2. The maximum absolute atomic E-state index is 11.2. The average Bonchev–Trinajstić information content (AvgIpc) is 2.58. The molecule has 1 fully saturated rings. The molecule has 0 bridgehead atoms. The topological polar surface area (TPSA) is 82.2 Å². The van der Waals surface area contributed by atoms with Crippen molar-refractivity contribution in [3.8, 4) is 6.07 Å². The van der Waals surface area contributed by atoms with Gasteiger partial charge in [-0.25, -0.2) is 0 Å². The Morgan fingerprint density at radius 1 is 1.48 bits per heavy atom. The Bertz CT molecular complexity index is 582. The van der Waals surface area contributed by atoms with Crippen LogP contribution < -0.4 is 5.32 Å². The van der Waals surface area contributed by atoms with E-state index in [1.807, 2.05) is 6.07 Å². The Labute approximate surface area is 137 Å². The second-order valence-electron chi connectivity index (χ2n) is 6.02. The third kappa shape index (κ3) is 4.67. The van der Waals surface area contributed by atoms with Gasteiger partial charge in [0.1, 0.15) is 5.69 Å². The molecule has 1 saturated heterocycles. The molecule has 1 aromatic carbocycles. The lowest BCUT2D eigenvalue weighted by atomic mass is 10.0. The van der Waals surface area contributed by atoms with Crippen LogP contribution >= 0.6 is 0 Å². The Kier molecular flexibility index (Phi) is 6.36. The molecule has 1 aromatic rings. The molecule has 1 aliphatic heterocycles. The van der Waals surface area contributed by atoms with Gasteiger partial charge in [0.15, 0.2) is 0 Å². The van der Waals surface area contributed by atoms with E-state index in [2.05, 4.69) is 17.1 Å². The number of nitro benzene ring substituents is 1. The van der Waals surface area contributed by atoms with Crippen LogP contribution in [0.1, 0.15) is 44.6 Å². The zero-order valence-corrected chi connectivity index (χ0v) is 13.6. The molecule has 1 unspecified atom stereocenters. The summed E-state index contributed by atoms with van der Waals surface area (Å²) < 4.78 is 0. The van der Waals surface area contributed by atoms with Gasteiger partial charge in [-0.1, -0.05) is 19.8 Å². The van der Waals surface area contributed by atoms with Crippen molar-refractivity contribution in [2.45, 2.75) is 45.1 Å². The highest BCUT2D eigenvalue weighted by Crippen LogP contribution is 2.26. The van der Waals surface area contributed by atoms with Crippen molar-refractivity contribution in [1.29, 1.82) is 5.26 Å². The fourth-order valence-electron chi connectivity index (χ4n) is 3.08. The summed E-state index contributed by atoms with van der Waals surface area (Å²) in [7, 11) is 0. The first-order valence-electron chi connectivity index (χ1n) is 8.32. The summed E-state index contributed by atoms with van der Waals surface area (Å²) in [6.07, 6.45) is 5.94. The highest BCUT2D eigenvalue weighted by Gasteiger charge is 2.23. The number of nitrogens with one attached hydrogen (secondary N) is 1. The number of benzene rings is 1. The number of piperidine rings is 1. The van der Waals surface area contributed by atoms with Gasteiger partial charge in [0.2, 0.25) is 0 Å². The second-order valence-corrected chi connectivity index (χ2v) is 6.02. The summed E-state index contributed by atoms with van der Waals surface area (Å²) in [5, 5.41) is 23.3. The van der Waals surface area contributed by atoms with Crippen LogP contribution in [0, 0.1) is 21.4 Å². The number of hydrogen-bond donors (Lipinski definition) is 1. The highest BCUT2D eigenvalue weighted by molar-refractivity contribution is 5.64. The van der Waals surface area contributed by atoms with E-state index < -0.39 is 4.92 Å². The SMILES string of the molecule is CCCCN1CCCCC1CNc1ccc(C#N)cc1[N+](=O)[O-]. The summed E-state index contributed by atoms with van der Waals surface area (Å²) in [5.74, 6) is 0. The van der Waals surface area contributed by atoms with Gasteiger partial charge in [-0.15, -0.1) is 0 Å². The molecule has 6 nitrogen and oxygen atoms in total. The van der Waals surface area contributed by atoms with Gasteiger partial charge in [-0.05, 0) is 44.5 Å². The van der Waals surface area contributed by atoms with Gasteiger partial charge in [-0.3, -0.25) is 15.0 Å². The third-order valence-corrected chi connectivity index (χ3v) is 4.40. The van der Waals surface area contributed by atoms with Crippen LogP contribution in [0.3, 0.4) is 0 Å². The van der Waals surface area contributed by atoms with Crippen molar-refractivity contribution in [2.24, 2.45) is 0 Å². The number of nitrogens with zero attached hydrogens (tertiary/aromatic N) is 3. The Morgan fingerprint density at radius 3 is 3.00 bits per heavy atom. The van der Waals surface area contributed by atoms with E-state index in [1.165, 1.54) is 31.7 Å². The standard InChI is InChI=1S/C17H24N4O2/c1-2-3-9-20-10-5-4-6-15(20)13-19-16-8-7-14(12-18)11-17(16)21(22)23/h7-8,11,15,19H,2-6,9-10,13H2,1H3. The Balaban J connectivity index is 2.04. The molecular weight excluding hydrogens is 292 g/mol. The largest absolute Gasteiger partial charge is 0.378 e. The summed E-state index contributed by atoms with van der Waals surface area (Å²) in [4.78, 5) is 13.3. The van der Waals surface area contributed by atoms with Gasteiger partial charge >= 0.3 is 0 Å². The van der Waals surface area contributed by atoms with Crippen molar-refractivity contribution in [1.82, 2.24) is 4.90 Å². The highest BCUT2D eigenvalue weighted by atomic mass is 16.6.